The molecular weight excluding hydrogens is 749 g/mol. The molecule has 0 fully saturated rings. The number of carbonyl (C=O) groups excluding carboxylic acids is 3. The molecule has 3 aromatic rings. The van der Waals surface area contributed by atoms with Gasteiger partial charge in [0.05, 0.1) is 6.04 Å². The maximum absolute atomic E-state index is 12.8. The first-order valence-electron chi connectivity index (χ1n) is 23.1. The first kappa shape index (κ1) is 48.1. The van der Waals surface area contributed by atoms with Crippen molar-refractivity contribution in [1.82, 2.24) is 5.32 Å². The third-order valence-electron chi connectivity index (χ3n) is 10.8. The van der Waals surface area contributed by atoms with Crippen molar-refractivity contribution >= 4 is 35.2 Å². The molecule has 9 heteroatoms. The number of anilines is 3. The highest BCUT2D eigenvalue weighted by Crippen LogP contribution is 2.49. The molecule has 1 atom stereocenters. The van der Waals surface area contributed by atoms with Gasteiger partial charge in [0.15, 0.2) is 0 Å². The maximum Gasteiger partial charge on any atom is 0.412 e. The number of nitrogens with one attached hydrogen (secondary N) is 3. The summed E-state index contributed by atoms with van der Waals surface area (Å²) < 4.78 is 11.2. The molecule has 1 aliphatic heterocycles. The van der Waals surface area contributed by atoms with Crippen LogP contribution in [-0.4, -0.2) is 42.4 Å². The van der Waals surface area contributed by atoms with Crippen LogP contribution in [0.4, 0.5) is 26.7 Å². The molecule has 0 saturated heterocycles. The largest absolute Gasteiger partial charge is 0.444 e. The summed E-state index contributed by atoms with van der Waals surface area (Å²) in [7, 11) is 0. The number of nitrogens with zero attached hydrogens (tertiary/aromatic N) is 1. The SMILES string of the molecule is CCCCCCCCCCCCCCCC(=O)NCCCCCCN1c2cc(NC(=O)OC(C)(C)C)ccc2-c2ccc(NC(=O)OC(C)(C)C)cc2C1c1ccccc1. The fraction of sp³-hybridized carbons (Fsp3) is 0.588. The van der Waals surface area contributed by atoms with Gasteiger partial charge in [-0.3, -0.25) is 15.4 Å². The standard InChI is InChI=1S/C51H76N4O5/c1-8-9-10-11-12-13-14-15-16-17-18-19-25-30-46(56)52-35-26-20-21-27-36-55-45-38-41(54-49(58)60-51(5,6)7)32-34-43(45)42-33-31-40(53-48(57)59-50(2,3)4)37-44(42)47(55)39-28-23-22-24-29-39/h22-24,28-29,31-34,37-38,47H,8-21,25-27,30,35-36H2,1-7H3,(H,52,56)(H,53,57)(H,54,58). The van der Waals surface area contributed by atoms with E-state index in [9.17, 15) is 14.4 Å². The number of ether oxygens (including phenoxy) is 2. The number of hydrogen-bond donors (Lipinski definition) is 3. The maximum atomic E-state index is 12.8. The lowest BCUT2D eigenvalue weighted by molar-refractivity contribution is -0.121. The van der Waals surface area contributed by atoms with Crippen molar-refractivity contribution in [3.63, 3.8) is 0 Å². The third-order valence-corrected chi connectivity index (χ3v) is 10.8. The minimum absolute atomic E-state index is 0.157. The highest BCUT2D eigenvalue weighted by molar-refractivity contribution is 5.93. The van der Waals surface area contributed by atoms with E-state index >= 15 is 0 Å². The molecule has 3 aromatic carbocycles. The summed E-state index contributed by atoms with van der Waals surface area (Å²) in [6.07, 6.45) is 20.5. The zero-order valence-electron chi connectivity index (χ0n) is 38.1. The van der Waals surface area contributed by atoms with Crippen LogP contribution < -0.4 is 20.9 Å². The van der Waals surface area contributed by atoms with Gasteiger partial charge >= 0.3 is 12.2 Å². The Kier molecular flexibility index (Phi) is 19.8. The molecule has 3 N–H and O–H groups in total. The van der Waals surface area contributed by atoms with Gasteiger partial charge in [-0.15, -0.1) is 0 Å². The molecular formula is C51H76N4O5. The first-order valence-corrected chi connectivity index (χ1v) is 23.1. The van der Waals surface area contributed by atoms with Gasteiger partial charge in [-0.1, -0.05) is 139 Å². The van der Waals surface area contributed by atoms with Crippen molar-refractivity contribution in [2.45, 2.75) is 181 Å². The first-order chi connectivity index (χ1) is 28.7. The van der Waals surface area contributed by atoms with Crippen LogP contribution in [0.2, 0.25) is 0 Å². The van der Waals surface area contributed by atoms with Crippen molar-refractivity contribution in [1.29, 1.82) is 0 Å². The predicted molar refractivity (Wildman–Crippen MR) is 249 cm³/mol. The number of benzene rings is 3. The van der Waals surface area contributed by atoms with E-state index in [2.05, 4.69) is 70.2 Å². The van der Waals surface area contributed by atoms with E-state index in [4.69, 9.17) is 9.47 Å². The molecule has 1 heterocycles. The van der Waals surface area contributed by atoms with Crippen LogP contribution in [0.25, 0.3) is 11.1 Å². The Morgan fingerprint density at radius 2 is 1.08 bits per heavy atom. The molecule has 0 saturated carbocycles. The van der Waals surface area contributed by atoms with E-state index in [-0.39, 0.29) is 11.9 Å². The van der Waals surface area contributed by atoms with Crippen LogP contribution in [0.3, 0.4) is 0 Å². The number of carbonyl (C=O) groups is 3. The fourth-order valence-electron chi connectivity index (χ4n) is 7.96. The molecule has 0 spiro atoms. The molecule has 0 bridgehead atoms. The normalized spacial score (nSPS) is 13.6. The Morgan fingerprint density at radius 3 is 1.65 bits per heavy atom. The van der Waals surface area contributed by atoms with E-state index in [1.54, 1.807) is 0 Å². The summed E-state index contributed by atoms with van der Waals surface area (Å²) in [5.74, 6) is 0.170. The molecule has 330 valence electrons. The van der Waals surface area contributed by atoms with Crippen molar-refractivity contribution in [3.05, 3.63) is 77.9 Å². The van der Waals surface area contributed by atoms with E-state index in [1.807, 2.05) is 65.8 Å². The quantitative estimate of drug-likeness (QED) is 0.0776. The minimum atomic E-state index is -0.624. The van der Waals surface area contributed by atoms with Crippen LogP contribution >= 0.6 is 0 Å². The summed E-state index contributed by atoms with van der Waals surface area (Å²) in [6, 6.07) is 22.3. The second-order valence-electron chi connectivity index (χ2n) is 18.6. The Hall–Kier alpha value is -4.53. The third kappa shape index (κ3) is 17.2. The van der Waals surface area contributed by atoms with Crippen LogP contribution in [0, 0.1) is 0 Å². The molecule has 3 amide bonds. The summed E-state index contributed by atoms with van der Waals surface area (Å²) in [5.41, 5.74) is 5.37. The number of rotatable bonds is 24. The van der Waals surface area contributed by atoms with E-state index < -0.39 is 23.4 Å². The smallest absolute Gasteiger partial charge is 0.412 e. The fourth-order valence-corrected chi connectivity index (χ4v) is 7.96. The lowest BCUT2D eigenvalue weighted by Crippen LogP contribution is -2.34. The Bertz CT molecular complexity index is 1760. The summed E-state index contributed by atoms with van der Waals surface area (Å²) >= 11 is 0. The van der Waals surface area contributed by atoms with Gasteiger partial charge in [0.1, 0.15) is 11.2 Å². The molecule has 1 unspecified atom stereocenters. The molecule has 0 aromatic heterocycles. The Labute approximate surface area is 362 Å². The minimum Gasteiger partial charge on any atom is -0.444 e. The molecule has 9 nitrogen and oxygen atoms in total. The molecule has 4 rings (SSSR count). The van der Waals surface area contributed by atoms with Crippen LogP contribution in [-0.2, 0) is 14.3 Å². The average Bonchev–Trinajstić information content (AvgIpc) is 3.18. The Morgan fingerprint density at radius 1 is 0.583 bits per heavy atom. The second-order valence-corrected chi connectivity index (χ2v) is 18.6. The van der Waals surface area contributed by atoms with Crippen LogP contribution in [0.1, 0.15) is 181 Å². The van der Waals surface area contributed by atoms with Gasteiger partial charge in [0.2, 0.25) is 5.91 Å². The van der Waals surface area contributed by atoms with Gasteiger partial charge in [-0.2, -0.15) is 0 Å². The Balaban J connectivity index is 1.34. The molecule has 60 heavy (non-hydrogen) atoms. The monoisotopic (exact) mass is 825 g/mol. The second kappa shape index (κ2) is 24.7. The lowest BCUT2D eigenvalue weighted by atomic mass is 9.84. The summed E-state index contributed by atoms with van der Waals surface area (Å²) in [4.78, 5) is 40.7. The number of fused-ring (bicyclic) bond motifs is 3. The highest BCUT2D eigenvalue weighted by Gasteiger charge is 2.33. The van der Waals surface area contributed by atoms with Gasteiger partial charge in [-0.25, -0.2) is 9.59 Å². The summed E-state index contributed by atoms with van der Waals surface area (Å²) in [6.45, 7) is 14.8. The molecule has 0 radical (unpaired) electrons. The lowest BCUT2D eigenvalue weighted by Gasteiger charge is -2.41. The van der Waals surface area contributed by atoms with Crippen molar-refractivity contribution in [2.24, 2.45) is 0 Å². The van der Waals surface area contributed by atoms with Gasteiger partial charge in [0, 0.05) is 42.1 Å². The van der Waals surface area contributed by atoms with Crippen molar-refractivity contribution < 1.29 is 23.9 Å². The van der Waals surface area contributed by atoms with Gasteiger partial charge in [-0.05, 0) is 102 Å². The predicted octanol–water partition coefficient (Wildman–Crippen LogP) is 14.1. The van der Waals surface area contributed by atoms with Crippen LogP contribution in [0.15, 0.2) is 66.7 Å². The number of hydrogen-bond acceptors (Lipinski definition) is 6. The van der Waals surface area contributed by atoms with Crippen LogP contribution in [0.5, 0.6) is 0 Å². The van der Waals surface area contributed by atoms with E-state index in [1.165, 1.54) is 70.6 Å². The molecule has 0 aliphatic carbocycles. The highest BCUT2D eigenvalue weighted by atomic mass is 16.6. The van der Waals surface area contributed by atoms with Gasteiger partial charge < -0.3 is 19.7 Å². The molecule has 1 aliphatic rings. The number of amides is 3. The van der Waals surface area contributed by atoms with Crippen molar-refractivity contribution in [2.75, 3.05) is 28.6 Å². The van der Waals surface area contributed by atoms with E-state index in [0.29, 0.717) is 24.3 Å². The zero-order chi connectivity index (χ0) is 43.4. The average molecular weight is 825 g/mol. The zero-order valence-corrected chi connectivity index (χ0v) is 38.1. The number of unbranched alkanes of at least 4 members (excludes halogenated alkanes) is 15. The van der Waals surface area contributed by atoms with E-state index in [0.717, 1.165) is 73.0 Å². The summed E-state index contributed by atoms with van der Waals surface area (Å²) in [5, 5.41) is 9.05. The van der Waals surface area contributed by atoms with Gasteiger partial charge in [0.25, 0.3) is 0 Å². The van der Waals surface area contributed by atoms with Crippen molar-refractivity contribution in [3.8, 4) is 11.1 Å². The topological polar surface area (TPSA) is 109 Å².